The summed E-state index contributed by atoms with van der Waals surface area (Å²) in [6, 6.07) is 0. The molecule has 0 aromatic rings. The van der Waals surface area contributed by atoms with Gasteiger partial charge in [-0.25, -0.2) is 0 Å². The third kappa shape index (κ3) is 5.63. The fourth-order valence-electron chi connectivity index (χ4n) is 0.776. The summed E-state index contributed by atoms with van der Waals surface area (Å²) in [6.45, 7) is 2.09. The smallest absolute Gasteiger partial charge is 0.0752 e. The van der Waals surface area contributed by atoms with Gasteiger partial charge < -0.3 is 10.2 Å². The first-order valence-corrected chi connectivity index (χ1v) is 3.78. The standard InChI is InChI=1S/C8H16O2/c1-2-3-5-8(10)6-4-7-9/h4,7-10H,2-3,5-6H2,1H3. The topological polar surface area (TPSA) is 40.5 Å². The van der Waals surface area contributed by atoms with Crippen molar-refractivity contribution < 1.29 is 10.2 Å². The van der Waals surface area contributed by atoms with Crippen LogP contribution in [0.25, 0.3) is 0 Å². The van der Waals surface area contributed by atoms with Gasteiger partial charge >= 0.3 is 0 Å². The lowest BCUT2D eigenvalue weighted by atomic mass is 10.1. The molecule has 0 aromatic heterocycles. The number of hydrogen-bond donors (Lipinski definition) is 2. The van der Waals surface area contributed by atoms with Crippen molar-refractivity contribution >= 4 is 0 Å². The maximum absolute atomic E-state index is 9.15. The van der Waals surface area contributed by atoms with Gasteiger partial charge in [0.1, 0.15) is 0 Å². The van der Waals surface area contributed by atoms with Gasteiger partial charge in [-0.2, -0.15) is 0 Å². The van der Waals surface area contributed by atoms with Crippen LogP contribution in [-0.2, 0) is 0 Å². The molecule has 0 aliphatic carbocycles. The summed E-state index contributed by atoms with van der Waals surface area (Å²) in [5.74, 6) is 0. The molecule has 0 bridgehead atoms. The lowest BCUT2D eigenvalue weighted by Crippen LogP contribution is -2.03. The van der Waals surface area contributed by atoms with E-state index in [1.807, 2.05) is 0 Å². The van der Waals surface area contributed by atoms with Crippen molar-refractivity contribution in [1.82, 2.24) is 0 Å². The molecule has 60 valence electrons. The molecule has 0 aromatic carbocycles. The van der Waals surface area contributed by atoms with Crippen LogP contribution in [-0.4, -0.2) is 16.3 Å². The summed E-state index contributed by atoms with van der Waals surface area (Å²) in [4.78, 5) is 0. The normalized spacial score (nSPS) is 14.2. The minimum Gasteiger partial charge on any atom is -0.516 e. The fraction of sp³-hybridized carbons (Fsp3) is 0.750. The van der Waals surface area contributed by atoms with Gasteiger partial charge in [0, 0.05) is 0 Å². The minimum atomic E-state index is -0.275. The molecule has 1 atom stereocenters. The van der Waals surface area contributed by atoms with Crippen LogP contribution in [0.3, 0.4) is 0 Å². The van der Waals surface area contributed by atoms with Gasteiger partial charge in [0.15, 0.2) is 0 Å². The Bertz CT molecular complexity index is 89.3. The molecule has 0 saturated carbocycles. The molecular formula is C8H16O2. The van der Waals surface area contributed by atoms with Crippen molar-refractivity contribution in [3.63, 3.8) is 0 Å². The maximum atomic E-state index is 9.15. The van der Waals surface area contributed by atoms with Gasteiger partial charge in [-0.15, -0.1) is 0 Å². The molecule has 0 amide bonds. The highest BCUT2D eigenvalue weighted by Crippen LogP contribution is 2.03. The number of rotatable bonds is 5. The highest BCUT2D eigenvalue weighted by atomic mass is 16.3. The summed E-state index contributed by atoms with van der Waals surface area (Å²) in [5.41, 5.74) is 0. The van der Waals surface area contributed by atoms with E-state index in [1.54, 1.807) is 6.08 Å². The van der Waals surface area contributed by atoms with Crippen molar-refractivity contribution in [2.45, 2.75) is 38.7 Å². The van der Waals surface area contributed by atoms with E-state index in [2.05, 4.69) is 6.92 Å². The second-order valence-corrected chi connectivity index (χ2v) is 2.42. The number of aliphatic hydroxyl groups is 2. The van der Waals surface area contributed by atoms with Gasteiger partial charge in [-0.05, 0) is 18.9 Å². The Morgan fingerprint density at radius 1 is 1.50 bits per heavy atom. The molecule has 0 spiro atoms. The molecule has 0 saturated heterocycles. The molecule has 0 heterocycles. The highest BCUT2D eigenvalue weighted by molar-refractivity contribution is 4.75. The van der Waals surface area contributed by atoms with Crippen LogP contribution < -0.4 is 0 Å². The summed E-state index contributed by atoms with van der Waals surface area (Å²) < 4.78 is 0. The van der Waals surface area contributed by atoms with Gasteiger partial charge in [0.25, 0.3) is 0 Å². The number of unbranched alkanes of at least 4 members (excludes halogenated alkanes) is 1. The lowest BCUT2D eigenvalue weighted by Gasteiger charge is -2.04. The molecule has 2 nitrogen and oxygen atoms in total. The van der Waals surface area contributed by atoms with Crippen molar-refractivity contribution in [3.8, 4) is 0 Å². The van der Waals surface area contributed by atoms with E-state index in [-0.39, 0.29) is 6.10 Å². The van der Waals surface area contributed by atoms with Gasteiger partial charge in [0.05, 0.1) is 12.4 Å². The second kappa shape index (κ2) is 6.62. The quantitative estimate of drug-likeness (QED) is 0.579. The zero-order valence-electron chi connectivity index (χ0n) is 6.45. The number of aliphatic hydroxyl groups excluding tert-OH is 2. The zero-order chi connectivity index (χ0) is 7.82. The van der Waals surface area contributed by atoms with E-state index in [9.17, 15) is 0 Å². The molecule has 0 aliphatic rings. The molecule has 0 aliphatic heterocycles. The Hall–Kier alpha value is -0.500. The average Bonchev–Trinajstić information content (AvgIpc) is 1.97. The van der Waals surface area contributed by atoms with Crippen LogP contribution >= 0.6 is 0 Å². The Morgan fingerprint density at radius 2 is 2.20 bits per heavy atom. The minimum absolute atomic E-state index is 0.275. The molecule has 2 heteroatoms. The average molecular weight is 144 g/mol. The largest absolute Gasteiger partial charge is 0.516 e. The molecule has 1 unspecified atom stereocenters. The molecule has 10 heavy (non-hydrogen) atoms. The van der Waals surface area contributed by atoms with Gasteiger partial charge in [-0.1, -0.05) is 19.8 Å². The van der Waals surface area contributed by atoms with Crippen LogP contribution in [0.1, 0.15) is 32.6 Å². The summed E-state index contributed by atoms with van der Waals surface area (Å²) in [5, 5.41) is 17.4. The van der Waals surface area contributed by atoms with Crippen LogP contribution in [0.5, 0.6) is 0 Å². The summed E-state index contributed by atoms with van der Waals surface area (Å²) in [6.07, 6.45) is 5.84. The van der Waals surface area contributed by atoms with E-state index >= 15 is 0 Å². The van der Waals surface area contributed by atoms with Crippen molar-refractivity contribution in [2.75, 3.05) is 0 Å². The monoisotopic (exact) mass is 144 g/mol. The first kappa shape index (κ1) is 9.50. The van der Waals surface area contributed by atoms with Crippen LogP contribution in [0.2, 0.25) is 0 Å². The molecule has 0 rings (SSSR count). The Kier molecular flexibility index (Phi) is 6.29. The van der Waals surface area contributed by atoms with Gasteiger partial charge in [0.2, 0.25) is 0 Å². The summed E-state index contributed by atoms with van der Waals surface area (Å²) >= 11 is 0. The highest BCUT2D eigenvalue weighted by Gasteiger charge is 1.98. The molecule has 0 fully saturated rings. The summed E-state index contributed by atoms with van der Waals surface area (Å²) in [7, 11) is 0. The SMILES string of the molecule is CCCCC(O)CC=CO. The zero-order valence-corrected chi connectivity index (χ0v) is 6.45. The first-order chi connectivity index (χ1) is 4.81. The lowest BCUT2D eigenvalue weighted by molar-refractivity contribution is 0.164. The fourth-order valence-corrected chi connectivity index (χ4v) is 0.776. The Morgan fingerprint density at radius 3 is 2.70 bits per heavy atom. The Labute approximate surface area is 62.2 Å². The van der Waals surface area contributed by atoms with E-state index in [4.69, 9.17) is 10.2 Å². The predicted molar refractivity (Wildman–Crippen MR) is 41.9 cm³/mol. The van der Waals surface area contributed by atoms with Crippen LogP contribution in [0, 0.1) is 0 Å². The molecular weight excluding hydrogens is 128 g/mol. The second-order valence-electron chi connectivity index (χ2n) is 2.42. The van der Waals surface area contributed by atoms with Crippen LogP contribution in [0.4, 0.5) is 0 Å². The van der Waals surface area contributed by atoms with E-state index in [1.165, 1.54) is 0 Å². The van der Waals surface area contributed by atoms with Crippen molar-refractivity contribution in [2.24, 2.45) is 0 Å². The Balaban J connectivity index is 3.16. The van der Waals surface area contributed by atoms with Crippen LogP contribution in [0.15, 0.2) is 12.3 Å². The van der Waals surface area contributed by atoms with Gasteiger partial charge in [-0.3, -0.25) is 0 Å². The predicted octanol–water partition coefficient (Wildman–Crippen LogP) is 2.00. The molecule has 0 radical (unpaired) electrons. The maximum Gasteiger partial charge on any atom is 0.0752 e. The third-order valence-corrected chi connectivity index (χ3v) is 1.40. The van der Waals surface area contributed by atoms with Crippen molar-refractivity contribution in [3.05, 3.63) is 12.3 Å². The van der Waals surface area contributed by atoms with Crippen molar-refractivity contribution in [1.29, 1.82) is 0 Å². The van der Waals surface area contributed by atoms with E-state index in [0.29, 0.717) is 6.42 Å². The first-order valence-electron chi connectivity index (χ1n) is 3.78. The third-order valence-electron chi connectivity index (χ3n) is 1.40. The number of hydrogen-bond acceptors (Lipinski definition) is 2. The molecule has 2 N–H and O–H groups in total. The van der Waals surface area contributed by atoms with E-state index in [0.717, 1.165) is 25.5 Å². The van der Waals surface area contributed by atoms with E-state index < -0.39 is 0 Å².